The highest BCUT2D eigenvalue weighted by atomic mass is 32.2. The minimum Gasteiger partial charge on any atom is -0.380 e. The van der Waals surface area contributed by atoms with Crippen LogP contribution in [0.1, 0.15) is 52.4 Å². The van der Waals surface area contributed by atoms with Gasteiger partial charge in [0.15, 0.2) is 0 Å². The first kappa shape index (κ1) is 19.8. The number of nitrogens with one attached hydrogen (secondary N) is 1. The van der Waals surface area contributed by atoms with Gasteiger partial charge in [-0.1, -0.05) is 5.57 Å². The second kappa shape index (κ2) is 6.50. The molecule has 0 radical (unpaired) electrons. The molecule has 0 aromatic rings. The number of hydrogen-bond donors (Lipinski definition) is 1. The molecule has 1 aliphatic heterocycles. The molecule has 9 heteroatoms. The van der Waals surface area contributed by atoms with Crippen molar-refractivity contribution in [1.29, 1.82) is 0 Å². The summed E-state index contributed by atoms with van der Waals surface area (Å²) in [5.74, 6) is 0.771. The number of rotatable bonds is 2. The molecule has 1 saturated carbocycles. The van der Waals surface area contributed by atoms with Crippen LogP contribution in [-0.4, -0.2) is 19.8 Å². The van der Waals surface area contributed by atoms with E-state index in [1.165, 1.54) is 0 Å². The van der Waals surface area contributed by atoms with Gasteiger partial charge in [-0.15, -0.1) is 0 Å². The van der Waals surface area contributed by atoms with Crippen molar-refractivity contribution in [2.75, 3.05) is 0 Å². The molecule has 5 atom stereocenters. The fourth-order valence-electron chi connectivity index (χ4n) is 5.96. The van der Waals surface area contributed by atoms with E-state index in [-0.39, 0.29) is 35.3 Å². The Morgan fingerprint density at radius 2 is 1.64 bits per heavy atom. The molecule has 0 bridgehead atoms. The molecule has 5 unspecified atom stereocenters. The van der Waals surface area contributed by atoms with Crippen LogP contribution in [0.4, 0.5) is 13.2 Å². The zero-order valence-corrected chi connectivity index (χ0v) is 16.6. The Balaban J connectivity index is 1.59. The van der Waals surface area contributed by atoms with Gasteiger partial charge in [0.25, 0.3) is 0 Å². The molecule has 5 nitrogen and oxygen atoms in total. The number of fused-ring (bicyclic) bond motifs is 5. The van der Waals surface area contributed by atoms with E-state index in [9.17, 15) is 26.4 Å². The maximum Gasteiger partial charge on any atom is 0.534 e. The number of allylic oxidation sites excluding steroid dienone is 4. The first-order valence-corrected chi connectivity index (χ1v) is 11.1. The number of amides is 1. The number of carbonyl (C=O) groups excluding carboxylic acids is 1. The van der Waals surface area contributed by atoms with Crippen molar-refractivity contribution in [3.8, 4) is 0 Å². The molecule has 0 aromatic carbocycles. The number of piperidine rings is 1. The topological polar surface area (TPSA) is 72.5 Å². The van der Waals surface area contributed by atoms with E-state index >= 15 is 0 Å². The van der Waals surface area contributed by atoms with Gasteiger partial charge in [0.05, 0.1) is 0 Å². The maximum atomic E-state index is 12.8. The van der Waals surface area contributed by atoms with Crippen LogP contribution in [0.3, 0.4) is 0 Å². The summed E-state index contributed by atoms with van der Waals surface area (Å²) in [6.45, 7) is 3.68. The molecule has 1 N–H and O–H groups in total. The summed E-state index contributed by atoms with van der Waals surface area (Å²) in [5, 5.41) is 3.03. The first-order valence-electron chi connectivity index (χ1n) is 9.69. The Morgan fingerprint density at radius 1 is 0.964 bits per heavy atom. The average Bonchev–Trinajstić information content (AvgIpc) is 2.90. The van der Waals surface area contributed by atoms with Crippen molar-refractivity contribution in [1.82, 2.24) is 5.32 Å². The molecule has 1 amide bonds. The van der Waals surface area contributed by atoms with Crippen LogP contribution >= 0.6 is 0 Å². The van der Waals surface area contributed by atoms with E-state index in [4.69, 9.17) is 0 Å². The zero-order chi connectivity index (χ0) is 20.4. The predicted octanol–water partition coefficient (Wildman–Crippen LogP) is 3.99. The quantitative estimate of drug-likeness (QED) is 0.543. The molecule has 1 saturated heterocycles. The van der Waals surface area contributed by atoms with Crippen molar-refractivity contribution < 1.29 is 30.6 Å². The minimum absolute atomic E-state index is 0.00477. The van der Waals surface area contributed by atoms with Crippen LogP contribution in [0.25, 0.3) is 0 Å². The normalized spacial score (nSPS) is 35.9. The molecule has 0 spiro atoms. The molecular weight excluding hydrogens is 395 g/mol. The fourth-order valence-corrected chi connectivity index (χ4v) is 6.55. The van der Waals surface area contributed by atoms with Gasteiger partial charge in [-0.25, -0.2) is 0 Å². The van der Waals surface area contributed by atoms with E-state index in [1.807, 2.05) is 6.92 Å². The van der Waals surface area contributed by atoms with Crippen LogP contribution in [0.5, 0.6) is 0 Å². The highest BCUT2D eigenvalue weighted by Gasteiger charge is 2.54. The highest BCUT2D eigenvalue weighted by molar-refractivity contribution is 7.87. The third-order valence-electron chi connectivity index (χ3n) is 7.06. The molecule has 28 heavy (non-hydrogen) atoms. The summed E-state index contributed by atoms with van der Waals surface area (Å²) in [4.78, 5) is 11.8. The molecule has 3 aliphatic carbocycles. The van der Waals surface area contributed by atoms with Gasteiger partial charge in [-0.2, -0.15) is 21.6 Å². The first-order chi connectivity index (χ1) is 13.0. The van der Waals surface area contributed by atoms with Gasteiger partial charge in [0, 0.05) is 24.0 Å². The standard InChI is InChI=1S/C19H24F3NO4S/c1-9-7-14-11(12-5-6-16(24)23-17(9)12)3-4-13-15(14)8-10(2)18(13)27-28(25,26)19(20,21)22/h11-15H,3-8H2,1-2H3,(H,23,24). The van der Waals surface area contributed by atoms with Gasteiger partial charge in [0.2, 0.25) is 5.91 Å². The van der Waals surface area contributed by atoms with Gasteiger partial charge in [-0.05, 0) is 69.3 Å². The zero-order valence-electron chi connectivity index (χ0n) is 15.8. The van der Waals surface area contributed by atoms with Crippen molar-refractivity contribution >= 4 is 16.0 Å². The Kier molecular flexibility index (Phi) is 4.60. The third-order valence-corrected chi connectivity index (χ3v) is 8.02. The number of halogens is 3. The second-order valence-corrected chi connectivity index (χ2v) is 10.1. The summed E-state index contributed by atoms with van der Waals surface area (Å²) in [5.41, 5.74) is -2.65. The fraction of sp³-hybridized carbons (Fsp3) is 0.737. The summed E-state index contributed by atoms with van der Waals surface area (Å²) in [6.07, 6.45) is 4.06. The van der Waals surface area contributed by atoms with Gasteiger partial charge in [0.1, 0.15) is 5.76 Å². The van der Waals surface area contributed by atoms with Crippen LogP contribution in [0, 0.1) is 29.6 Å². The summed E-state index contributed by atoms with van der Waals surface area (Å²) in [6, 6.07) is 0. The summed E-state index contributed by atoms with van der Waals surface area (Å²) < 4.78 is 66.1. The number of carbonyl (C=O) groups is 1. The largest absolute Gasteiger partial charge is 0.534 e. The lowest BCUT2D eigenvalue weighted by Gasteiger charge is -2.49. The van der Waals surface area contributed by atoms with Gasteiger partial charge in [-0.3, -0.25) is 4.79 Å². The molecule has 4 aliphatic rings. The highest BCUT2D eigenvalue weighted by Crippen LogP contribution is 2.58. The SMILES string of the molecule is CC1=C2NC(=O)CCC2C2CCC3C(OS(=O)(=O)C(F)(F)F)=C(C)CC3C2C1. The van der Waals surface area contributed by atoms with E-state index in [1.54, 1.807) is 6.92 Å². The molecular formula is C19H24F3NO4S. The molecule has 2 fully saturated rings. The van der Waals surface area contributed by atoms with Gasteiger partial charge < -0.3 is 9.50 Å². The lowest BCUT2D eigenvalue weighted by Crippen LogP contribution is -2.46. The van der Waals surface area contributed by atoms with Crippen LogP contribution in [0.2, 0.25) is 0 Å². The Hall–Kier alpha value is -1.51. The molecule has 0 aromatic heterocycles. The van der Waals surface area contributed by atoms with Crippen molar-refractivity contribution in [2.45, 2.75) is 57.9 Å². The minimum atomic E-state index is -5.64. The van der Waals surface area contributed by atoms with E-state index < -0.39 is 15.6 Å². The van der Waals surface area contributed by atoms with Crippen molar-refractivity contribution in [3.63, 3.8) is 0 Å². The number of alkyl halides is 3. The van der Waals surface area contributed by atoms with Gasteiger partial charge >= 0.3 is 15.6 Å². The van der Waals surface area contributed by atoms with E-state index in [0.717, 1.165) is 30.5 Å². The van der Waals surface area contributed by atoms with Crippen LogP contribution in [-0.2, 0) is 19.1 Å². The van der Waals surface area contributed by atoms with E-state index in [0.29, 0.717) is 30.8 Å². The monoisotopic (exact) mass is 419 g/mol. The van der Waals surface area contributed by atoms with Crippen molar-refractivity contribution in [3.05, 3.63) is 22.6 Å². The second-order valence-electron chi connectivity index (χ2n) is 8.60. The smallest absolute Gasteiger partial charge is 0.380 e. The third kappa shape index (κ3) is 3.06. The lowest BCUT2D eigenvalue weighted by atomic mass is 9.57. The molecule has 1 heterocycles. The molecule has 4 rings (SSSR count). The summed E-state index contributed by atoms with van der Waals surface area (Å²) in [7, 11) is -5.64. The Morgan fingerprint density at radius 3 is 2.32 bits per heavy atom. The van der Waals surface area contributed by atoms with Crippen LogP contribution in [0.15, 0.2) is 22.6 Å². The van der Waals surface area contributed by atoms with E-state index in [2.05, 4.69) is 9.50 Å². The van der Waals surface area contributed by atoms with Crippen LogP contribution < -0.4 is 5.32 Å². The number of hydrogen-bond acceptors (Lipinski definition) is 4. The average molecular weight is 419 g/mol. The Bertz CT molecular complexity index is 874. The Labute approximate surface area is 162 Å². The predicted molar refractivity (Wildman–Crippen MR) is 94.8 cm³/mol. The lowest BCUT2D eigenvalue weighted by molar-refractivity contribution is -0.122. The molecule has 156 valence electrons. The summed E-state index contributed by atoms with van der Waals surface area (Å²) >= 11 is 0. The van der Waals surface area contributed by atoms with Crippen molar-refractivity contribution in [2.24, 2.45) is 29.6 Å². The maximum absolute atomic E-state index is 12.8.